The number of nitrogens with two attached hydrogens (primary N) is 1. The highest BCUT2D eigenvalue weighted by Gasteiger charge is 2.12. The van der Waals surface area contributed by atoms with Crippen LogP contribution in [-0.2, 0) is 6.42 Å². The van der Waals surface area contributed by atoms with Crippen molar-refractivity contribution in [3.63, 3.8) is 0 Å². The van der Waals surface area contributed by atoms with Gasteiger partial charge in [0.2, 0.25) is 0 Å². The second-order valence-electron chi connectivity index (χ2n) is 3.64. The van der Waals surface area contributed by atoms with Crippen LogP contribution in [-0.4, -0.2) is 11.6 Å². The summed E-state index contributed by atoms with van der Waals surface area (Å²) in [5, 5.41) is 0. The third-order valence-electron chi connectivity index (χ3n) is 2.46. The van der Waals surface area contributed by atoms with Gasteiger partial charge in [-0.15, -0.1) is 0 Å². The Morgan fingerprint density at radius 1 is 1.35 bits per heavy atom. The van der Waals surface area contributed by atoms with Gasteiger partial charge in [0.15, 0.2) is 5.76 Å². The van der Waals surface area contributed by atoms with Crippen LogP contribution in [0.1, 0.15) is 19.5 Å². The first-order chi connectivity index (χ1) is 8.24. The van der Waals surface area contributed by atoms with Crippen LogP contribution in [0.3, 0.4) is 0 Å². The van der Waals surface area contributed by atoms with Gasteiger partial charge in [-0.3, -0.25) is 0 Å². The van der Waals surface area contributed by atoms with Crippen LogP contribution in [0.2, 0.25) is 0 Å². The highest BCUT2D eigenvalue weighted by atomic mass is 16.5. The molecule has 17 heavy (non-hydrogen) atoms. The Balaban J connectivity index is 2.41. The van der Waals surface area contributed by atoms with E-state index in [1.807, 2.05) is 38.1 Å². The second kappa shape index (κ2) is 4.91. The third-order valence-corrected chi connectivity index (χ3v) is 2.46. The summed E-state index contributed by atoms with van der Waals surface area (Å²) in [5.74, 6) is 1.55. The van der Waals surface area contributed by atoms with E-state index in [0.29, 0.717) is 6.61 Å². The van der Waals surface area contributed by atoms with E-state index in [1.165, 1.54) is 0 Å². The van der Waals surface area contributed by atoms with E-state index >= 15 is 0 Å². The lowest BCUT2D eigenvalue weighted by atomic mass is 10.1. The first-order valence-corrected chi connectivity index (χ1v) is 5.73. The van der Waals surface area contributed by atoms with Crippen molar-refractivity contribution in [2.24, 2.45) is 0 Å². The molecule has 90 valence electrons. The molecule has 0 saturated carbocycles. The zero-order chi connectivity index (χ0) is 12.3. The molecule has 0 amide bonds. The van der Waals surface area contributed by atoms with Gasteiger partial charge in [-0.2, -0.15) is 4.98 Å². The number of nitrogen functional groups attached to an aromatic ring is 1. The van der Waals surface area contributed by atoms with Crippen molar-refractivity contribution in [3.05, 3.63) is 30.0 Å². The first kappa shape index (κ1) is 11.5. The summed E-state index contributed by atoms with van der Waals surface area (Å²) in [6.45, 7) is 4.62. The molecule has 0 aliphatic carbocycles. The number of rotatable bonds is 4. The summed E-state index contributed by atoms with van der Waals surface area (Å²) in [7, 11) is 0. The zero-order valence-corrected chi connectivity index (χ0v) is 10.1. The lowest BCUT2D eigenvalue weighted by Crippen LogP contribution is -1.91. The van der Waals surface area contributed by atoms with Crippen molar-refractivity contribution in [1.82, 2.24) is 4.98 Å². The molecule has 1 aromatic carbocycles. The Morgan fingerprint density at radius 3 is 2.88 bits per heavy atom. The molecule has 0 spiro atoms. The van der Waals surface area contributed by atoms with Gasteiger partial charge >= 0.3 is 0 Å². The van der Waals surface area contributed by atoms with Crippen molar-refractivity contribution in [1.29, 1.82) is 0 Å². The molecule has 1 aromatic heterocycles. The van der Waals surface area contributed by atoms with Crippen LogP contribution in [0.5, 0.6) is 5.75 Å². The van der Waals surface area contributed by atoms with Gasteiger partial charge in [0.1, 0.15) is 5.75 Å². The van der Waals surface area contributed by atoms with Crippen molar-refractivity contribution in [3.8, 4) is 17.1 Å². The monoisotopic (exact) mass is 232 g/mol. The van der Waals surface area contributed by atoms with Gasteiger partial charge in [0.05, 0.1) is 12.3 Å². The zero-order valence-electron chi connectivity index (χ0n) is 10.1. The SMILES string of the molecule is CCOc1cccc(-c2oc(N)nc2CC)c1. The summed E-state index contributed by atoms with van der Waals surface area (Å²) in [5.41, 5.74) is 7.39. The number of hydrogen-bond donors (Lipinski definition) is 1. The molecule has 2 aromatic rings. The van der Waals surface area contributed by atoms with Gasteiger partial charge in [-0.25, -0.2) is 0 Å². The molecule has 0 radical (unpaired) electrons. The fraction of sp³-hybridized carbons (Fsp3) is 0.308. The van der Waals surface area contributed by atoms with Crippen LogP contribution < -0.4 is 10.5 Å². The molecule has 2 rings (SSSR count). The number of benzene rings is 1. The number of nitrogens with zero attached hydrogens (tertiary/aromatic N) is 1. The lowest BCUT2D eigenvalue weighted by Gasteiger charge is -2.04. The van der Waals surface area contributed by atoms with Crippen LogP contribution in [0, 0.1) is 0 Å². The largest absolute Gasteiger partial charge is 0.494 e. The first-order valence-electron chi connectivity index (χ1n) is 5.73. The van der Waals surface area contributed by atoms with Crippen molar-refractivity contribution >= 4 is 6.01 Å². The second-order valence-corrected chi connectivity index (χ2v) is 3.64. The quantitative estimate of drug-likeness (QED) is 0.880. The standard InChI is InChI=1S/C13H16N2O2/c1-3-11-12(17-13(14)15-11)9-6-5-7-10(8-9)16-4-2/h5-8H,3-4H2,1-2H3,(H2,14,15). The van der Waals surface area contributed by atoms with Gasteiger partial charge in [-0.05, 0) is 25.5 Å². The molecular formula is C13H16N2O2. The molecule has 0 bridgehead atoms. The van der Waals surface area contributed by atoms with E-state index in [4.69, 9.17) is 14.9 Å². The molecule has 4 nitrogen and oxygen atoms in total. The van der Waals surface area contributed by atoms with Gasteiger partial charge < -0.3 is 14.9 Å². The average Bonchev–Trinajstić information content (AvgIpc) is 2.71. The number of hydrogen-bond acceptors (Lipinski definition) is 4. The molecule has 0 aliphatic heterocycles. The van der Waals surface area contributed by atoms with Crippen LogP contribution >= 0.6 is 0 Å². The fourth-order valence-electron chi connectivity index (χ4n) is 1.73. The maximum absolute atomic E-state index is 5.58. The number of aromatic nitrogens is 1. The summed E-state index contributed by atoms with van der Waals surface area (Å²) < 4.78 is 10.9. The maximum atomic E-state index is 5.58. The normalized spacial score (nSPS) is 10.5. The Morgan fingerprint density at radius 2 is 2.18 bits per heavy atom. The van der Waals surface area contributed by atoms with Crippen molar-refractivity contribution in [2.45, 2.75) is 20.3 Å². The minimum absolute atomic E-state index is 0.207. The Kier molecular flexibility index (Phi) is 3.32. The van der Waals surface area contributed by atoms with Gasteiger partial charge in [-0.1, -0.05) is 19.1 Å². The van der Waals surface area contributed by atoms with Crippen LogP contribution in [0.25, 0.3) is 11.3 Å². The predicted octanol–water partition coefficient (Wildman–Crippen LogP) is 2.88. The minimum Gasteiger partial charge on any atom is -0.494 e. The fourth-order valence-corrected chi connectivity index (χ4v) is 1.73. The van der Waals surface area contributed by atoms with E-state index in [9.17, 15) is 0 Å². The summed E-state index contributed by atoms with van der Waals surface area (Å²) >= 11 is 0. The highest BCUT2D eigenvalue weighted by molar-refractivity contribution is 5.62. The van der Waals surface area contributed by atoms with Crippen LogP contribution in [0.4, 0.5) is 6.01 Å². The predicted molar refractivity (Wildman–Crippen MR) is 66.9 cm³/mol. The topological polar surface area (TPSA) is 61.3 Å². The summed E-state index contributed by atoms with van der Waals surface area (Å²) in [6, 6.07) is 7.94. The Labute approximate surface area is 100 Å². The molecular weight excluding hydrogens is 216 g/mol. The number of ether oxygens (including phenoxy) is 1. The Bertz CT molecular complexity index is 506. The molecule has 1 heterocycles. The van der Waals surface area contributed by atoms with E-state index in [2.05, 4.69) is 4.98 Å². The molecule has 4 heteroatoms. The smallest absolute Gasteiger partial charge is 0.292 e. The lowest BCUT2D eigenvalue weighted by molar-refractivity contribution is 0.340. The van der Waals surface area contributed by atoms with Crippen molar-refractivity contribution in [2.75, 3.05) is 12.3 Å². The number of aryl methyl sites for hydroxylation is 1. The average molecular weight is 232 g/mol. The summed E-state index contributed by atoms with van der Waals surface area (Å²) in [4.78, 5) is 4.15. The molecule has 0 unspecified atom stereocenters. The molecule has 0 aliphatic rings. The third kappa shape index (κ3) is 2.41. The van der Waals surface area contributed by atoms with E-state index in [0.717, 1.165) is 29.2 Å². The summed E-state index contributed by atoms with van der Waals surface area (Å²) in [6.07, 6.45) is 0.787. The maximum Gasteiger partial charge on any atom is 0.292 e. The Hall–Kier alpha value is -1.97. The van der Waals surface area contributed by atoms with Crippen LogP contribution in [0.15, 0.2) is 28.7 Å². The number of anilines is 1. The number of oxazole rings is 1. The minimum atomic E-state index is 0.207. The van der Waals surface area contributed by atoms with E-state index < -0.39 is 0 Å². The molecule has 0 fully saturated rings. The van der Waals surface area contributed by atoms with Crippen molar-refractivity contribution < 1.29 is 9.15 Å². The molecule has 0 saturated heterocycles. The van der Waals surface area contributed by atoms with E-state index in [-0.39, 0.29) is 6.01 Å². The molecule has 0 atom stereocenters. The highest BCUT2D eigenvalue weighted by Crippen LogP contribution is 2.29. The van der Waals surface area contributed by atoms with Gasteiger partial charge in [0, 0.05) is 5.56 Å². The van der Waals surface area contributed by atoms with E-state index in [1.54, 1.807) is 0 Å². The molecule has 2 N–H and O–H groups in total. The van der Waals surface area contributed by atoms with Gasteiger partial charge in [0.25, 0.3) is 6.01 Å².